The van der Waals surface area contributed by atoms with E-state index in [2.05, 4.69) is 36.2 Å². The number of rotatable bonds is 9. The first-order valence-electron chi connectivity index (χ1n) is 9.94. The average molecular weight is 365 g/mol. The first kappa shape index (κ1) is 20.9. The highest BCUT2D eigenvalue weighted by Gasteiger charge is 2.41. The van der Waals surface area contributed by atoms with Crippen molar-refractivity contribution in [3.05, 3.63) is 11.7 Å². The molecule has 2 rings (SSSR count). The van der Waals surface area contributed by atoms with Crippen LogP contribution >= 0.6 is 0 Å². The van der Waals surface area contributed by atoms with Gasteiger partial charge in [0.2, 0.25) is 5.89 Å². The first-order chi connectivity index (χ1) is 12.3. The second kappa shape index (κ2) is 8.98. The molecule has 0 aromatic carbocycles. The molecule has 1 saturated carbocycles. The molecule has 1 aliphatic carbocycles. The predicted octanol–water partition coefficient (Wildman–Crippen LogP) is 3.18. The molecule has 1 fully saturated rings. The third kappa shape index (κ3) is 5.29. The van der Waals surface area contributed by atoms with Gasteiger partial charge >= 0.3 is 0 Å². The van der Waals surface area contributed by atoms with Crippen LogP contribution in [-0.2, 0) is 11.3 Å². The van der Waals surface area contributed by atoms with Crippen molar-refractivity contribution in [1.82, 2.24) is 15.5 Å². The number of carboxylic acids is 1. The number of carbonyl (C=O) groups is 1. The van der Waals surface area contributed by atoms with E-state index >= 15 is 0 Å². The maximum absolute atomic E-state index is 11.2. The normalized spacial score (nSPS) is 18.6. The topological polar surface area (TPSA) is 91.1 Å². The molecule has 0 bridgehead atoms. The Kier molecular flexibility index (Phi) is 7.21. The summed E-state index contributed by atoms with van der Waals surface area (Å²) in [4.78, 5) is 15.5. The summed E-state index contributed by atoms with van der Waals surface area (Å²) < 4.78 is 5.32. The van der Waals surface area contributed by atoms with E-state index in [-0.39, 0.29) is 17.8 Å². The molecule has 1 N–H and O–H groups in total. The van der Waals surface area contributed by atoms with Crippen molar-refractivity contribution in [2.75, 3.05) is 7.05 Å². The number of nitrogens with one attached hydrogen (secondary N) is 1. The highest BCUT2D eigenvalue weighted by Crippen LogP contribution is 2.53. The minimum Gasteiger partial charge on any atom is -0.550 e. The lowest BCUT2D eigenvalue weighted by atomic mass is 9.57. The van der Waals surface area contributed by atoms with Gasteiger partial charge in [-0.3, -0.25) is 0 Å². The van der Waals surface area contributed by atoms with Crippen LogP contribution in [0.1, 0.15) is 96.2 Å². The predicted molar refractivity (Wildman–Crippen MR) is 98.3 cm³/mol. The number of aromatic nitrogens is 2. The van der Waals surface area contributed by atoms with Crippen LogP contribution in [0.3, 0.4) is 0 Å². The second-order valence-electron chi connectivity index (χ2n) is 8.84. The van der Waals surface area contributed by atoms with E-state index in [9.17, 15) is 9.90 Å². The van der Waals surface area contributed by atoms with Crippen LogP contribution in [0.5, 0.6) is 0 Å². The number of aliphatic carboxylic acids is 1. The van der Waals surface area contributed by atoms with Crippen LogP contribution in [0, 0.1) is 10.8 Å². The number of hydrogen-bond donors (Lipinski definition) is 1. The maximum atomic E-state index is 11.2. The summed E-state index contributed by atoms with van der Waals surface area (Å²) in [5, 5.41) is 18.1. The van der Waals surface area contributed by atoms with Gasteiger partial charge in [-0.15, -0.1) is 0 Å². The fourth-order valence-electron chi connectivity index (χ4n) is 4.47. The van der Waals surface area contributed by atoms with Crippen molar-refractivity contribution in [1.29, 1.82) is 0 Å². The summed E-state index contributed by atoms with van der Waals surface area (Å²) in [5.41, 5.74) is 0.616. The summed E-state index contributed by atoms with van der Waals surface area (Å²) >= 11 is 0. The third-order valence-corrected chi connectivity index (χ3v) is 6.19. The molecule has 0 saturated heterocycles. The van der Waals surface area contributed by atoms with E-state index in [1.54, 1.807) is 0 Å². The fraction of sp³-hybridized carbons (Fsp3) is 0.850. The number of nitrogens with zero attached hydrogens (tertiary/aromatic N) is 2. The summed E-state index contributed by atoms with van der Waals surface area (Å²) in [7, 11) is 1.81. The van der Waals surface area contributed by atoms with Crippen molar-refractivity contribution in [2.45, 2.75) is 91.0 Å². The Labute approximate surface area is 157 Å². The summed E-state index contributed by atoms with van der Waals surface area (Å²) in [6.45, 7) is 7.55. The largest absolute Gasteiger partial charge is 0.550 e. The minimum atomic E-state index is -1.06. The van der Waals surface area contributed by atoms with Crippen molar-refractivity contribution >= 4 is 5.97 Å². The smallest absolute Gasteiger partial charge is 0.230 e. The Morgan fingerprint density at radius 1 is 1.31 bits per heavy atom. The van der Waals surface area contributed by atoms with E-state index in [0.29, 0.717) is 23.7 Å². The van der Waals surface area contributed by atoms with E-state index in [1.165, 1.54) is 32.1 Å². The molecule has 1 unspecified atom stereocenters. The molecule has 26 heavy (non-hydrogen) atoms. The van der Waals surface area contributed by atoms with E-state index in [4.69, 9.17) is 4.52 Å². The fourth-order valence-corrected chi connectivity index (χ4v) is 4.47. The molecule has 1 atom stereocenters. The molecule has 1 heterocycles. The SMILES string of the molecule is CNCc1noc(C(CCCC2(C(C)(C)C)CCCCC2)CC(=O)[O-])n1. The molecule has 0 spiro atoms. The van der Waals surface area contributed by atoms with Gasteiger partial charge < -0.3 is 19.7 Å². The van der Waals surface area contributed by atoms with E-state index in [0.717, 1.165) is 19.3 Å². The van der Waals surface area contributed by atoms with Gasteiger partial charge in [-0.1, -0.05) is 51.6 Å². The van der Waals surface area contributed by atoms with Gasteiger partial charge in [0.05, 0.1) is 6.54 Å². The van der Waals surface area contributed by atoms with Gasteiger partial charge in [0.25, 0.3) is 0 Å². The summed E-state index contributed by atoms with van der Waals surface area (Å²) in [5.74, 6) is -0.345. The zero-order valence-electron chi connectivity index (χ0n) is 16.8. The lowest BCUT2D eigenvalue weighted by molar-refractivity contribution is -0.306. The zero-order chi connectivity index (χ0) is 19.2. The molecule has 0 radical (unpaired) electrons. The molecule has 1 aliphatic rings. The molecule has 6 nitrogen and oxygen atoms in total. The molecule has 0 aliphatic heterocycles. The van der Waals surface area contributed by atoms with Crippen molar-refractivity contribution in [2.24, 2.45) is 10.8 Å². The van der Waals surface area contributed by atoms with Gasteiger partial charge in [0, 0.05) is 11.9 Å². The molecule has 148 valence electrons. The summed E-state index contributed by atoms with van der Waals surface area (Å²) in [6, 6.07) is 0. The van der Waals surface area contributed by atoms with Gasteiger partial charge in [-0.2, -0.15) is 4.98 Å². The second-order valence-corrected chi connectivity index (χ2v) is 8.84. The van der Waals surface area contributed by atoms with Gasteiger partial charge in [0.1, 0.15) is 0 Å². The quantitative estimate of drug-likeness (QED) is 0.723. The van der Waals surface area contributed by atoms with Crippen LogP contribution in [-0.4, -0.2) is 23.2 Å². The van der Waals surface area contributed by atoms with Gasteiger partial charge in [0.15, 0.2) is 5.82 Å². The third-order valence-electron chi connectivity index (χ3n) is 6.19. The molecule has 6 heteroatoms. The Balaban J connectivity index is 2.02. The molecule has 1 aromatic heterocycles. The lowest BCUT2D eigenvalue weighted by Gasteiger charge is -2.48. The molecular weight excluding hydrogens is 330 g/mol. The lowest BCUT2D eigenvalue weighted by Crippen LogP contribution is -2.37. The minimum absolute atomic E-state index is 0.0658. The van der Waals surface area contributed by atoms with Crippen molar-refractivity contribution in [3.63, 3.8) is 0 Å². The average Bonchev–Trinajstić information content (AvgIpc) is 3.02. The maximum Gasteiger partial charge on any atom is 0.230 e. The number of hydrogen-bond acceptors (Lipinski definition) is 6. The number of carbonyl (C=O) groups excluding carboxylic acids is 1. The standard InChI is InChI=1S/C20H35N3O3/c1-19(2,3)20(10-6-5-7-11-20)12-8-9-15(13-17(24)25)18-22-16(14-21-4)23-26-18/h15,21H,5-14H2,1-4H3,(H,24,25)/p-1. The Bertz CT molecular complexity index is 571. The monoisotopic (exact) mass is 364 g/mol. The molecule has 0 amide bonds. The first-order valence-corrected chi connectivity index (χ1v) is 9.94. The van der Waals surface area contributed by atoms with Crippen molar-refractivity contribution < 1.29 is 14.4 Å². The van der Waals surface area contributed by atoms with Gasteiger partial charge in [-0.05, 0) is 50.0 Å². The Hall–Kier alpha value is -1.43. The van der Waals surface area contributed by atoms with Crippen LogP contribution < -0.4 is 10.4 Å². The van der Waals surface area contributed by atoms with E-state index < -0.39 is 5.97 Å². The van der Waals surface area contributed by atoms with Crippen LogP contribution in [0.15, 0.2) is 4.52 Å². The van der Waals surface area contributed by atoms with Crippen molar-refractivity contribution in [3.8, 4) is 0 Å². The van der Waals surface area contributed by atoms with E-state index in [1.807, 2.05) is 7.05 Å². The van der Waals surface area contributed by atoms with Crippen LogP contribution in [0.25, 0.3) is 0 Å². The van der Waals surface area contributed by atoms with Gasteiger partial charge in [-0.25, -0.2) is 0 Å². The zero-order valence-corrected chi connectivity index (χ0v) is 16.8. The Morgan fingerprint density at radius 3 is 2.58 bits per heavy atom. The Morgan fingerprint density at radius 2 is 2.00 bits per heavy atom. The summed E-state index contributed by atoms with van der Waals surface area (Å²) in [6.07, 6.45) is 9.26. The highest BCUT2D eigenvalue weighted by molar-refractivity contribution is 5.65. The van der Waals surface area contributed by atoms with Crippen LogP contribution in [0.4, 0.5) is 0 Å². The highest BCUT2D eigenvalue weighted by atomic mass is 16.5. The molecular formula is C20H34N3O3-. The molecule has 1 aromatic rings. The number of carboxylic acid groups (broad SMARTS) is 1. The van der Waals surface area contributed by atoms with Crippen LogP contribution in [0.2, 0.25) is 0 Å².